The van der Waals surface area contributed by atoms with Crippen molar-refractivity contribution in [1.29, 1.82) is 0 Å². The van der Waals surface area contributed by atoms with Gasteiger partial charge in [-0.05, 0) is 55.8 Å². The van der Waals surface area contributed by atoms with Crippen molar-refractivity contribution in [2.24, 2.45) is 0 Å². The Morgan fingerprint density at radius 2 is 1.75 bits per heavy atom. The predicted molar refractivity (Wildman–Crippen MR) is 77.4 cm³/mol. The van der Waals surface area contributed by atoms with E-state index in [0.717, 1.165) is 25.2 Å². The minimum atomic E-state index is -0.320. The first-order valence-electron chi connectivity index (χ1n) is 7.05. The maximum atomic E-state index is 13.8. The van der Waals surface area contributed by atoms with Gasteiger partial charge in [0.1, 0.15) is 5.75 Å². The van der Waals surface area contributed by atoms with E-state index in [4.69, 9.17) is 4.74 Å². The van der Waals surface area contributed by atoms with Crippen molar-refractivity contribution in [1.82, 2.24) is 4.90 Å². The van der Waals surface area contributed by atoms with E-state index < -0.39 is 0 Å². The fraction of sp³-hybridized carbons (Fsp3) is 0.294. The molecule has 0 unspecified atom stereocenters. The normalized spacial score (nSPS) is 15.4. The van der Waals surface area contributed by atoms with Crippen LogP contribution in [0.5, 0.6) is 11.5 Å². The van der Waals surface area contributed by atoms with Gasteiger partial charge in [0.2, 0.25) is 0 Å². The van der Waals surface area contributed by atoms with E-state index in [1.54, 1.807) is 6.07 Å². The first-order valence-corrected chi connectivity index (χ1v) is 7.05. The summed E-state index contributed by atoms with van der Waals surface area (Å²) < 4.78 is 19.5. The van der Waals surface area contributed by atoms with Crippen molar-refractivity contribution in [3.8, 4) is 11.5 Å². The minimum Gasteiger partial charge on any atom is -0.454 e. The first kappa shape index (κ1) is 13.1. The highest BCUT2D eigenvalue weighted by molar-refractivity contribution is 5.35. The molecule has 0 aliphatic carbocycles. The quantitative estimate of drug-likeness (QED) is 0.825. The van der Waals surface area contributed by atoms with Gasteiger partial charge in [0.15, 0.2) is 11.6 Å². The van der Waals surface area contributed by atoms with Crippen molar-refractivity contribution in [3.05, 3.63) is 59.9 Å². The number of para-hydroxylation sites is 1. The monoisotopic (exact) mass is 271 g/mol. The van der Waals surface area contributed by atoms with Crippen molar-refractivity contribution in [3.63, 3.8) is 0 Å². The number of ether oxygens (including phenoxy) is 1. The Hall–Kier alpha value is -1.87. The van der Waals surface area contributed by atoms with Crippen molar-refractivity contribution >= 4 is 0 Å². The zero-order valence-corrected chi connectivity index (χ0v) is 11.4. The lowest BCUT2D eigenvalue weighted by Gasteiger charge is -2.15. The van der Waals surface area contributed by atoms with Gasteiger partial charge in [-0.3, -0.25) is 4.90 Å². The summed E-state index contributed by atoms with van der Waals surface area (Å²) in [5.41, 5.74) is 1.10. The number of hydrogen-bond donors (Lipinski definition) is 0. The van der Waals surface area contributed by atoms with Gasteiger partial charge in [0.25, 0.3) is 0 Å². The van der Waals surface area contributed by atoms with Crippen LogP contribution in [0.3, 0.4) is 0 Å². The largest absolute Gasteiger partial charge is 0.454 e. The van der Waals surface area contributed by atoms with Gasteiger partial charge in [-0.15, -0.1) is 0 Å². The third-order valence-corrected chi connectivity index (χ3v) is 3.57. The van der Waals surface area contributed by atoms with Gasteiger partial charge in [-0.2, -0.15) is 0 Å². The lowest BCUT2D eigenvalue weighted by Crippen LogP contribution is -2.18. The second kappa shape index (κ2) is 6.06. The molecule has 1 heterocycles. The number of hydrogen-bond acceptors (Lipinski definition) is 2. The molecular weight excluding hydrogens is 253 g/mol. The molecule has 104 valence electrons. The van der Waals surface area contributed by atoms with Crippen LogP contribution in [0, 0.1) is 5.82 Å². The van der Waals surface area contributed by atoms with Crippen LogP contribution in [0.2, 0.25) is 0 Å². The molecule has 0 atom stereocenters. The van der Waals surface area contributed by atoms with Crippen molar-refractivity contribution in [2.45, 2.75) is 19.4 Å². The second-order valence-electron chi connectivity index (χ2n) is 5.16. The standard InChI is InChI=1S/C17H18FNO/c18-16-9-8-14(13-19-10-4-5-11-19)12-17(16)20-15-6-2-1-3-7-15/h1-3,6-9,12H,4-5,10-11,13H2. The van der Waals surface area contributed by atoms with Crippen molar-refractivity contribution < 1.29 is 9.13 Å². The summed E-state index contributed by atoms with van der Waals surface area (Å²) in [7, 11) is 0. The first-order chi connectivity index (χ1) is 9.81. The van der Waals surface area contributed by atoms with E-state index in [-0.39, 0.29) is 5.82 Å². The molecule has 3 rings (SSSR count). The molecule has 0 saturated carbocycles. The number of nitrogens with zero attached hydrogens (tertiary/aromatic N) is 1. The lowest BCUT2D eigenvalue weighted by molar-refractivity contribution is 0.330. The van der Waals surface area contributed by atoms with Crippen LogP contribution < -0.4 is 4.74 Å². The van der Waals surface area contributed by atoms with E-state index in [1.165, 1.54) is 18.9 Å². The van der Waals surface area contributed by atoms with Gasteiger partial charge in [-0.1, -0.05) is 24.3 Å². The topological polar surface area (TPSA) is 12.5 Å². The number of rotatable bonds is 4. The molecule has 2 aromatic carbocycles. The smallest absolute Gasteiger partial charge is 0.165 e. The summed E-state index contributed by atoms with van der Waals surface area (Å²) in [5.74, 6) is 0.636. The maximum absolute atomic E-state index is 13.8. The Kier molecular flexibility index (Phi) is 3.97. The Labute approximate surface area is 118 Å². The molecule has 0 bridgehead atoms. The van der Waals surface area contributed by atoms with E-state index >= 15 is 0 Å². The highest BCUT2D eigenvalue weighted by Crippen LogP contribution is 2.26. The highest BCUT2D eigenvalue weighted by atomic mass is 19.1. The molecule has 0 aromatic heterocycles. The number of halogens is 1. The molecular formula is C17H18FNO. The summed E-state index contributed by atoms with van der Waals surface area (Å²) in [5, 5.41) is 0. The number of likely N-dealkylation sites (tertiary alicyclic amines) is 1. The van der Waals surface area contributed by atoms with E-state index in [9.17, 15) is 4.39 Å². The zero-order valence-electron chi connectivity index (χ0n) is 11.4. The molecule has 2 nitrogen and oxygen atoms in total. The Bertz CT molecular complexity index is 564. The molecule has 0 amide bonds. The fourth-order valence-electron chi connectivity index (χ4n) is 2.54. The van der Waals surface area contributed by atoms with Crippen LogP contribution in [-0.2, 0) is 6.54 Å². The van der Waals surface area contributed by atoms with Crippen LogP contribution in [0.15, 0.2) is 48.5 Å². The molecule has 0 radical (unpaired) electrons. The number of benzene rings is 2. The molecule has 20 heavy (non-hydrogen) atoms. The molecule has 2 aromatic rings. The zero-order chi connectivity index (χ0) is 13.8. The Morgan fingerprint density at radius 1 is 1.00 bits per heavy atom. The SMILES string of the molecule is Fc1ccc(CN2CCCC2)cc1Oc1ccccc1. The molecule has 1 aliphatic heterocycles. The third-order valence-electron chi connectivity index (χ3n) is 3.57. The molecule has 0 spiro atoms. The summed E-state index contributed by atoms with van der Waals surface area (Å²) >= 11 is 0. The predicted octanol–water partition coefficient (Wildman–Crippen LogP) is 4.21. The van der Waals surface area contributed by atoms with Crippen LogP contribution in [0.4, 0.5) is 4.39 Å². The average molecular weight is 271 g/mol. The Balaban J connectivity index is 1.76. The molecule has 1 aliphatic rings. The van der Waals surface area contributed by atoms with Crippen molar-refractivity contribution in [2.75, 3.05) is 13.1 Å². The molecule has 1 saturated heterocycles. The van der Waals surface area contributed by atoms with Gasteiger partial charge in [0, 0.05) is 6.54 Å². The summed E-state index contributed by atoms with van der Waals surface area (Å²) in [4.78, 5) is 2.39. The summed E-state index contributed by atoms with van der Waals surface area (Å²) in [6.07, 6.45) is 2.52. The van der Waals surface area contributed by atoms with Gasteiger partial charge >= 0.3 is 0 Å². The van der Waals surface area contributed by atoms with E-state index in [1.807, 2.05) is 36.4 Å². The molecule has 0 N–H and O–H groups in total. The highest BCUT2D eigenvalue weighted by Gasteiger charge is 2.13. The summed E-state index contributed by atoms with van der Waals surface area (Å²) in [6.45, 7) is 3.13. The van der Waals surface area contributed by atoms with Gasteiger partial charge in [0.05, 0.1) is 0 Å². The van der Waals surface area contributed by atoms with Crippen LogP contribution in [0.1, 0.15) is 18.4 Å². The van der Waals surface area contributed by atoms with E-state index in [0.29, 0.717) is 11.5 Å². The molecule has 3 heteroatoms. The van der Waals surface area contributed by atoms with Gasteiger partial charge in [-0.25, -0.2) is 4.39 Å². The lowest BCUT2D eigenvalue weighted by atomic mass is 10.2. The maximum Gasteiger partial charge on any atom is 0.165 e. The fourth-order valence-corrected chi connectivity index (χ4v) is 2.54. The van der Waals surface area contributed by atoms with Crippen LogP contribution >= 0.6 is 0 Å². The Morgan fingerprint density at radius 3 is 2.50 bits per heavy atom. The molecule has 1 fully saturated rings. The summed E-state index contributed by atoms with van der Waals surface area (Å²) in [6, 6.07) is 14.4. The second-order valence-corrected chi connectivity index (χ2v) is 5.16. The average Bonchev–Trinajstić information content (AvgIpc) is 2.97. The minimum absolute atomic E-state index is 0.299. The van der Waals surface area contributed by atoms with Crippen LogP contribution in [0.25, 0.3) is 0 Å². The third kappa shape index (κ3) is 3.17. The van der Waals surface area contributed by atoms with E-state index in [2.05, 4.69) is 4.90 Å². The van der Waals surface area contributed by atoms with Crippen LogP contribution in [-0.4, -0.2) is 18.0 Å². The van der Waals surface area contributed by atoms with Gasteiger partial charge < -0.3 is 4.74 Å².